The summed E-state index contributed by atoms with van der Waals surface area (Å²) in [5, 5.41) is 18.4. The summed E-state index contributed by atoms with van der Waals surface area (Å²) in [5.41, 5.74) is 2.36. The van der Waals surface area contributed by atoms with E-state index in [1.54, 1.807) is 7.11 Å². The van der Waals surface area contributed by atoms with Crippen LogP contribution in [0, 0.1) is 11.3 Å². The lowest BCUT2D eigenvalue weighted by molar-refractivity contribution is 0.414. The van der Waals surface area contributed by atoms with Gasteiger partial charge in [0.25, 0.3) is 0 Å². The molecule has 1 aromatic heterocycles. The minimum Gasteiger partial charge on any atom is -0.497 e. The number of methoxy groups -OCH3 is 1. The number of hydrogen-bond donors (Lipinski definition) is 0. The maximum Gasteiger partial charge on any atom is 0.207 e. The third kappa shape index (κ3) is 3.42. The van der Waals surface area contributed by atoms with E-state index < -0.39 is 0 Å². The van der Waals surface area contributed by atoms with Crippen molar-refractivity contribution in [3.63, 3.8) is 0 Å². The van der Waals surface area contributed by atoms with E-state index in [1.807, 2.05) is 30.3 Å². The Bertz CT molecular complexity index is 937. The fraction of sp³-hybridized carbons (Fsp3) is 0.250. The highest BCUT2D eigenvalue weighted by atomic mass is 16.5. The lowest BCUT2D eigenvalue weighted by Crippen LogP contribution is -2.47. The molecule has 3 aromatic rings. The van der Waals surface area contributed by atoms with E-state index in [1.165, 1.54) is 10.5 Å². The van der Waals surface area contributed by atoms with E-state index in [9.17, 15) is 5.26 Å². The SMILES string of the molecule is COc1ccc(-n2nc(C#N)c(N3CCN(c4ccccc4)CC3)n2)cc1. The molecule has 27 heavy (non-hydrogen) atoms. The van der Waals surface area contributed by atoms with Crippen LogP contribution in [0.25, 0.3) is 5.69 Å². The number of nitrogens with zero attached hydrogens (tertiary/aromatic N) is 6. The molecular formula is C20H20N6O. The van der Waals surface area contributed by atoms with E-state index in [2.05, 4.69) is 50.3 Å². The van der Waals surface area contributed by atoms with Gasteiger partial charge in [0.15, 0.2) is 5.82 Å². The molecule has 2 aromatic carbocycles. The Morgan fingerprint density at radius 3 is 2.15 bits per heavy atom. The molecule has 1 fully saturated rings. The lowest BCUT2D eigenvalue weighted by atomic mass is 10.2. The van der Waals surface area contributed by atoms with Crippen molar-refractivity contribution in [3.8, 4) is 17.5 Å². The molecule has 0 bridgehead atoms. The first kappa shape index (κ1) is 16.9. The Labute approximate surface area is 158 Å². The average molecular weight is 360 g/mol. The number of ether oxygens (including phenoxy) is 1. The molecule has 0 unspecified atom stereocenters. The van der Waals surface area contributed by atoms with Crippen LogP contribution in [0.1, 0.15) is 5.69 Å². The number of rotatable bonds is 4. The first-order chi connectivity index (χ1) is 13.3. The van der Waals surface area contributed by atoms with Crippen LogP contribution < -0.4 is 14.5 Å². The highest BCUT2D eigenvalue weighted by molar-refractivity contribution is 5.53. The largest absolute Gasteiger partial charge is 0.497 e. The van der Waals surface area contributed by atoms with Crippen molar-refractivity contribution in [2.45, 2.75) is 0 Å². The number of hydrogen-bond acceptors (Lipinski definition) is 6. The molecular weight excluding hydrogens is 340 g/mol. The van der Waals surface area contributed by atoms with Crippen LogP contribution in [0.2, 0.25) is 0 Å². The molecule has 4 rings (SSSR count). The molecule has 0 amide bonds. The molecule has 136 valence electrons. The van der Waals surface area contributed by atoms with Gasteiger partial charge in [0, 0.05) is 31.9 Å². The second-order valence-electron chi connectivity index (χ2n) is 6.28. The summed E-state index contributed by atoms with van der Waals surface area (Å²) in [6.45, 7) is 3.35. The number of anilines is 2. The maximum atomic E-state index is 9.50. The first-order valence-corrected chi connectivity index (χ1v) is 8.85. The third-order valence-electron chi connectivity index (χ3n) is 4.71. The van der Waals surface area contributed by atoms with Gasteiger partial charge in [0.05, 0.1) is 12.8 Å². The van der Waals surface area contributed by atoms with Crippen LogP contribution in [0.4, 0.5) is 11.5 Å². The molecule has 7 nitrogen and oxygen atoms in total. The van der Waals surface area contributed by atoms with Gasteiger partial charge < -0.3 is 14.5 Å². The first-order valence-electron chi connectivity index (χ1n) is 8.85. The van der Waals surface area contributed by atoms with Gasteiger partial charge in [-0.15, -0.1) is 15.0 Å². The van der Waals surface area contributed by atoms with Crippen molar-refractivity contribution in [3.05, 3.63) is 60.3 Å². The standard InChI is InChI=1S/C20H20N6O/c1-27-18-9-7-17(8-10-18)26-22-19(15-21)20(23-26)25-13-11-24(12-14-25)16-5-3-2-4-6-16/h2-10H,11-14H2,1H3. The fourth-order valence-electron chi connectivity index (χ4n) is 3.23. The zero-order valence-corrected chi connectivity index (χ0v) is 15.1. The summed E-state index contributed by atoms with van der Waals surface area (Å²) < 4.78 is 5.18. The van der Waals surface area contributed by atoms with Crippen LogP contribution in [0.15, 0.2) is 54.6 Å². The van der Waals surface area contributed by atoms with E-state index in [4.69, 9.17) is 4.74 Å². The van der Waals surface area contributed by atoms with Crippen LogP contribution >= 0.6 is 0 Å². The number of aromatic nitrogens is 3. The van der Waals surface area contributed by atoms with Crippen LogP contribution in [-0.4, -0.2) is 48.3 Å². The van der Waals surface area contributed by atoms with E-state index in [0.29, 0.717) is 11.5 Å². The van der Waals surface area contributed by atoms with Gasteiger partial charge in [0.1, 0.15) is 11.8 Å². The van der Waals surface area contributed by atoms with Crippen molar-refractivity contribution in [1.29, 1.82) is 5.26 Å². The molecule has 0 spiro atoms. The van der Waals surface area contributed by atoms with Gasteiger partial charge in [-0.2, -0.15) is 5.26 Å². The van der Waals surface area contributed by atoms with E-state index in [-0.39, 0.29) is 0 Å². The van der Waals surface area contributed by atoms with E-state index in [0.717, 1.165) is 37.6 Å². The normalized spacial score (nSPS) is 14.1. The van der Waals surface area contributed by atoms with Crippen LogP contribution in [-0.2, 0) is 0 Å². The molecule has 1 aliphatic rings. The molecule has 0 saturated carbocycles. The molecule has 0 radical (unpaired) electrons. The number of piperazine rings is 1. The highest BCUT2D eigenvalue weighted by Gasteiger charge is 2.23. The van der Waals surface area contributed by atoms with Gasteiger partial charge in [-0.3, -0.25) is 0 Å². The Morgan fingerprint density at radius 1 is 0.852 bits per heavy atom. The van der Waals surface area contributed by atoms with Crippen molar-refractivity contribution >= 4 is 11.5 Å². The molecule has 0 atom stereocenters. The van der Waals surface area contributed by atoms with E-state index >= 15 is 0 Å². The quantitative estimate of drug-likeness (QED) is 0.712. The second kappa shape index (κ2) is 7.38. The van der Waals surface area contributed by atoms with Crippen molar-refractivity contribution in [2.24, 2.45) is 0 Å². The Hall–Kier alpha value is -3.53. The lowest BCUT2D eigenvalue weighted by Gasteiger charge is -2.36. The smallest absolute Gasteiger partial charge is 0.207 e. The summed E-state index contributed by atoms with van der Waals surface area (Å²) in [7, 11) is 1.63. The summed E-state index contributed by atoms with van der Waals surface area (Å²) >= 11 is 0. The molecule has 2 heterocycles. The Morgan fingerprint density at radius 2 is 1.52 bits per heavy atom. The number of nitriles is 1. The molecule has 1 aliphatic heterocycles. The van der Waals surface area contributed by atoms with Gasteiger partial charge >= 0.3 is 0 Å². The monoisotopic (exact) mass is 360 g/mol. The zero-order valence-electron chi connectivity index (χ0n) is 15.1. The van der Waals surface area contributed by atoms with Crippen molar-refractivity contribution in [1.82, 2.24) is 15.0 Å². The highest BCUT2D eigenvalue weighted by Crippen LogP contribution is 2.22. The molecule has 1 saturated heterocycles. The second-order valence-corrected chi connectivity index (χ2v) is 6.28. The predicted molar refractivity (Wildman–Crippen MR) is 103 cm³/mol. The third-order valence-corrected chi connectivity index (χ3v) is 4.71. The molecule has 7 heteroatoms. The maximum absolute atomic E-state index is 9.50. The number of para-hydroxylation sites is 1. The molecule has 0 aliphatic carbocycles. The van der Waals surface area contributed by atoms with Crippen LogP contribution in [0.3, 0.4) is 0 Å². The summed E-state index contributed by atoms with van der Waals surface area (Å²) in [6, 6.07) is 20.0. The Balaban J connectivity index is 1.52. The topological polar surface area (TPSA) is 70.2 Å². The zero-order chi connectivity index (χ0) is 18.6. The fourth-order valence-corrected chi connectivity index (χ4v) is 3.23. The van der Waals surface area contributed by atoms with Gasteiger partial charge in [-0.05, 0) is 36.4 Å². The van der Waals surface area contributed by atoms with Gasteiger partial charge in [-0.25, -0.2) is 0 Å². The Kier molecular flexibility index (Phi) is 4.62. The van der Waals surface area contributed by atoms with Gasteiger partial charge in [-0.1, -0.05) is 18.2 Å². The minimum absolute atomic E-state index is 0.346. The summed E-state index contributed by atoms with van der Waals surface area (Å²) in [6.07, 6.45) is 0. The molecule has 0 N–H and O–H groups in total. The minimum atomic E-state index is 0.346. The number of benzene rings is 2. The average Bonchev–Trinajstić information content (AvgIpc) is 3.19. The van der Waals surface area contributed by atoms with Crippen molar-refractivity contribution < 1.29 is 4.74 Å². The summed E-state index contributed by atoms with van der Waals surface area (Å²) in [5.74, 6) is 1.41. The van der Waals surface area contributed by atoms with Crippen molar-refractivity contribution in [2.75, 3.05) is 43.1 Å². The van der Waals surface area contributed by atoms with Crippen LogP contribution in [0.5, 0.6) is 5.75 Å². The summed E-state index contributed by atoms with van der Waals surface area (Å²) in [4.78, 5) is 5.98. The predicted octanol–water partition coefficient (Wildman–Crippen LogP) is 2.47. The van der Waals surface area contributed by atoms with Gasteiger partial charge in [0.2, 0.25) is 5.69 Å².